The largest absolute Gasteiger partial charge is 0.480 e. The van der Waals surface area contributed by atoms with Crippen LogP contribution in [0.3, 0.4) is 0 Å². The van der Waals surface area contributed by atoms with Gasteiger partial charge in [0.05, 0.1) is 0 Å². The second-order valence-electron chi connectivity index (χ2n) is 5.32. The van der Waals surface area contributed by atoms with Gasteiger partial charge in [0, 0.05) is 13.0 Å². The predicted octanol–water partition coefficient (Wildman–Crippen LogP) is 2.36. The van der Waals surface area contributed by atoms with Crippen molar-refractivity contribution in [3.8, 4) is 0 Å². The van der Waals surface area contributed by atoms with Gasteiger partial charge in [-0.3, -0.25) is 0 Å². The van der Waals surface area contributed by atoms with Crippen LogP contribution < -0.4 is 10.6 Å². The monoisotopic (exact) mass is 330 g/mol. The number of carboxylic acids is 1. The third-order valence-electron chi connectivity index (χ3n) is 3.52. The van der Waals surface area contributed by atoms with Crippen LogP contribution in [-0.4, -0.2) is 29.7 Å². The fourth-order valence-electron chi connectivity index (χ4n) is 2.27. The molecule has 0 bridgehead atoms. The lowest BCUT2D eigenvalue weighted by Crippen LogP contribution is -2.47. The minimum atomic E-state index is -1.11. The van der Waals surface area contributed by atoms with Gasteiger partial charge in [0.15, 0.2) is 0 Å². The molecule has 0 radical (unpaired) electrons. The number of amides is 2. The van der Waals surface area contributed by atoms with Gasteiger partial charge in [-0.05, 0) is 23.6 Å². The summed E-state index contributed by atoms with van der Waals surface area (Å²) in [4.78, 5) is 23.1. The molecule has 0 saturated heterocycles. The molecule has 0 aliphatic heterocycles. The highest BCUT2D eigenvalue weighted by Gasteiger charge is 2.20. The van der Waals surface area contributed by atoms with Crippen molar-refractivity contribution in [1.29, 1.82) is 0 Å². The van der Waals surface area contributed by atoms with Crippen molar-refractivity contribution < 1.29 is 19.1 Å². The molecule has 3 N–H and O–H groups in total. The maximum absolute atomic E-state index is 13.5. The summed E-state index contributed by atoms with van der Waals surface area (Å²) in [5.74, 6) is -1.43. The molecule has 0 aliphatic carbocycles. The van der Waals surface area contributed by atoms with Crippen LogP contribution in [0.5, 0.6) is 0 Å². The molecule has 5 nitrogen and oxygen atoms in total. The number of carboxylic acid groups (broad SMARTS) is 1. The third kappa shape index (κ3) is 5.39. The fourth-order valence-corrected chi connectivity index (χ4v) is 2.27. The Hall–Kier alpha value is -2.89. The summed E-state index contributed by atoms with van der Waals surface area (Å²) in [6, 6.07) is 13.8. The van der Waals surface area contributed by atoms with E-state index in [9.17, 15) is 19.1 Å². The van der Waals surface area contributed by atoms with Crippen LogP contribution in [0.15, 0.2) is 54.6 Å². The average Bonchev–Trinajstić information content (AvgIpc) is 2.57. The van der Waals surface area contributed by atoms with Crippen molar-refractivity contribution >= 4 is 12.0 Å². The second kappa shape index (κ2) is 8.67. The Kier molecular flexibility index (Phi) is 6.31. The Morgan fingerprint density at radius 2 is 1.71 bits per heavy atom. The Balaban J connectivity index is 1.82. The molecule has 0 aliphatic rings. The highest BCUT2D eigenvalue weighted by Crippen LogP contribution is 2.06. The minimum Gasteiger partial charge on any atom is -0.480 e. The first-order valence-corrected chi connectivity index (χ1v) is 7.61. The van der Waals surface area contributed by atoms with E-state index in [1.165, 1.54) is 6.07 Å². The van der Waals surface area contributed by atoms with Crippen molar-refractivity contribution in [1.82, 2.24) is 10.6 Å². The van der Waals surface area contributed by atoms with Gasteiger partial charge >= 0.3 is 12.0 Å². The molecule has 2 aromatic rings. The molecule has 0 fully saturated rings. The van der Waals surface area contributed by atoms with E-state index in [0.29, 0.717) is 12.0 Å². The lowest BCUT2D eigenvalue weighted by Gasteiger charge is -2.15. The molecule has 6 heteroatoms. The van der Waals surface area contributed by atoms with Gasteiger partial charge < -0.3 is 15.7 Å². The van der Waals surface area contributed by atoms with E-state index >= 15 is 0 Å². The molecule has 24 heavy (non-hydrogen) atoms. The quantitative estimate of drug-likeness (QED) is 0.729. The summed E-state index contributed by atoms with van der Waals surface area (Å²) in [7, 11) is 0. The summed E-state index contributed by atoms with van der Waals surface area (Å²) >= 11 is 0. The van der Waals surface area contributed by atoms with Crippen LogP contribution in [0.1, 0.15) is 11.1 Å². The topological polar surface area (TPSA) is 78.4 Å². The molecule has 0 aromatic heterocycles. The minimum absolute atomic E-state index is 0.191. The smallest absolute Gasteiger partial charge is 0.326 e. The molecular weight excluding hydrogens is 311 g/mol. The number of halogens is 1. The average molecular weight is 330 g/mol. The van der Waals surface area contributed by atoms with E-state index in [-0.39, 0.29) is 18.8 Å². The first-order valence-electron chi connectivity index (χ1n) is 7.61. The molecule has 0 spiro atoms. The van der Waals surface area contributed by atoms with Gasteiger partial charge in [0.25, 0.3) is 0 Å². The normalized spacial score (nSPS) is 11.5. The summed E-state index contributed by atoms with van der Waals surface area (Å²) in [5, 5.41) is 14.2. The van der Waals surface area contributed by atoms with Gasteiger partial charge in [0.2, 0.25) is 0 Å². The van der Waals surface area contributed by atoms with Gasteiger partial charge in [0.1, 0.15) is 11.9 Å². The van der Waals surface area contributed by atoms with E-state index in [1.807, 2.05) is 18.2 Å². The first-order chi connectivity index (χ1) is 11.6. The van der Waals surface area contributed by atoms with Crippen molar-refractivity contribution in [2.75, 3.05) is 6.54 Å². The molecule has 0 unspecified atom stereocenters. The Morgan fingerprint density at radius 3 is 2.38 bits per heavy atom. The lowest BCUT2D eigenvalue weighted by molar-refractivity contribution is -0.139. The van der Waals surface area contributed by atoms with E-state index < -0.39 is 18.0 Å². The van der Waals surface area contributed by atoms with E-state index in [2.05, 4.69) is 10.6 Å². The van der Waals surface area contributed by atoms with Crippen molar-refractivity contribution in [3.63, 3.8) is 0 Å². The summed E-state index contributed by atoms with van der Waals surface area (Å²) < 4.78 is 13.5. The molecule has 0 saturated carbocycles. The van der Waals surface area contributed by atoms with Crippen LogP contribution in [0.4, 0.5) is 9.18 Å². The molecule has 0 heterocycles. The van der Waals surface area contributed by atoms with Crippen molar-refractivity contribution in [2.24, 2.45) is 0 Å². The standard InChI is InChI=1S/C18H19FN2O3/c19-15-9-5-4-8-14(15)10-11-20-18(24)21-16(17(22)23)12-13-6-2-1-3-7-13/h1-9,16H,10-12H2,(H,22,23)(H2,20,21,24)/t16-/m0/s1. The first kappa shape index (κ1) is 17.5. The maximum Gasteiger partial charge on any atom is 0.326 e. The summed E-state index contributed by atoms with van der Waals surface area (Å²) in [6.07, 6.45) is 0.521. The van der Waals surface area contributed by atoms with Gasteiger partial charge in [-0.1, -0.05) is 48.5 Å². The zero-order chi connectivity index (χ0) is 17.4. The van der Waals surface area contributed by atoms with Crippen LogP contribution in [0, 0.1) is 5.82 Å². The van der Waals surface area contributed by atoms with E-state index in [4.69, 9.17) is 0 Å². The Morgan fingerprint density at radius 1 is 1.04 bits per heavy atom. The highest BCUT2D eigenvalue weighted by atomic mass is 19.1. The summed E-state index contributed by atoms with van der Waals surface area (Å²) in [5.41, 5.74) is 1.31. The number of aliphatic carboxylic acids is 1. The lowest BCUT2D eigenvalue weighted by atomic mass is 10.1. The van der Waals surface area contributed by atoms with Gasteiger partial charge in [-0.25, -0.2) is 14.0 Å². The van der Waals surface area contributed by atoms with Crippen LogP contribution in [-0.2, 0) is 17.6 Å². The Bertz CT molecular complexity index is 692. The number of carbonyl (C=O) groups is 2. The van der Waals surface area contributed by atoms with Gasteiger partial charge in [-0.2, -0.15) is 0 Å². The number of nitrogens with one attached hydrogen (secondary N) is 2. The molecular formula is C18H19FN2O3. The molecule has 126 valence electrons. The van der Waals surface area contributed by atoms with Crippen LogP contribution in [0.2, 0.25) is 0 Å². The number of benzene rings is 2. The van der Waals surface area contributed by atoms with Crippen molar-refractivity contribution in [3.05, 3.63) is 71.5 Å². The maximum atomic E-state index is 13.5. The van der Waals surface area contributed by atoms with E-state index in [0.717, 1.165) is 5.56 Å². The molecule has 1 atom stereocenters. The number of rotatable bonds is 7. The molecule has 2 rings (SSSR count). The zero-order valence-electron chi connectivity index (χ0n) is 13.0. The number of hydrogen-bond donors (Lipinski definition) is 3. The van der Waals surface area contributed by atoms with Crippen molar-refractivity contribution in [2.45, 2.75) is 18.9 Å². The number of urea groups is 1. The summed E-state index contributed by atoms with van der Waals surface area (Å²) in [6.45, 7) is 0.213. The van der Waals surface area contributed by atoms with Gasteiger partial charge in [-0.15, -0.1) is 0 Å². The number of hydrogen-bond acceptors (Lipinski definition) is 2. The Labute approximate surface area is 139 Å². The van der Waals surface area contributed by atoms with E-state index in [1.54, 1.807) is 30.3 Å². The highest BCUT2D eigenvalue weighted by molar-refractivity contribution is 5.82. The third-order valence-corrected chi connectivity index (χ3v) is 3.52. The second-order valence-corrected chi connectivity index (χ2v) is 5.32. The predicted molar refractivity (Wildman–Crippen MR) is 88.2 cm³/mol. The fraction of sp³-hybridized carbons (Fsp3) is 0.222. The molecule has 2 aromatic carbocycles. The zero-order valence-corrected chi connectivity index (χ0v) is 13.0. The SMILES string of the molecule is O=C(NCCc1ccccc1F)N[C@@H](Cc1ccccc1)C(=O)O. The van der Waals surface area contributed by atoms with Crippen LogP contribution in [0.25, 0.3) is 0 Å². The van der Waals surface area contributed by atoms with Crippen LogP contribution >= 0.6 is 0 Å². The number of carbonyl (C=O) groups excluding carboxylic acids is 1. The molecule has 2 amide bonds.